The maximum atomic E-state index is 12.5. The van der Waals surface area contributed by atoms with E-state index in [9.17, 15) is 8.42 Å². The van der Waals surface area contributed by atoms with Crippen molar-refractivity contribution in [1.29, 1.82) is 0 Å². The molecule has 1 aromatic carbocycles. The quantitative estimate of drug-likeness (QED) is 0.648. The third kappa shape index (κ3) is 3.22. The Hall–Kier alpha value is -1.33. The summed E-state index contributed by atoms with van der Waals surface area (Å²) >= 11 is 0. The van der Waals surface area contributed by atoms with Crippen LogP contribution in [0.2, 0.25) is 0 Å². The smallest absolute Gasteiger partial charge is 0.242 e. The molecule has 0 bridgehead atoms. The number of allylic oxidation sites excluding steroid dienone is 1. The molecule has 2 rings (SSSR count). The number of hydrogen-bond acceptors (Lipinski definition) is 3. The fraction of sp³-hybridized carbons (Fsp3) is 0.467. The SMILES string of the molecule is C=CCCCN(C)S(=O)(=O)c1ccc2c(c1)CCCN2. The Labute approximate surface area is 121 Å². The Bertz CT molecular complexity index is 582. The van der Waals surface area contributed by atoms with Crippen molar-refractivity contribution in [2.45, 2.75) is 30.6 Å². The van der Waals surface area contributed by atoms with Gasteiger partial charge in [-0.15, -0.1) is 6.58 Å². The number of hydrogen-bond donors (Lipinski definition) is 1. The van der Waals surface area contributed by atoms with Crippen LogP contribution in [-0.2, 0) is 16.4 Å². The molecule has 0 aliphatic carbocycles. The predicted octanol–water partition coefficient (Wildman–Crippen LogP) is 2.63. The van der Waals surface area contributed by atoms with Crippen LogP contribution in [0.15, 0.2) is 35.7 Å². The van der Waals surface area contributed by atoms with Gasteiger partial charge >= 0.3 is 0 Å². The van der Waals surface area contributed by atoms with Crippen LogP contribution in [0.25, 0.3) is 0 Å². The highest BCUT2D eigenvalue weighted by Gasteiger charge is 2.22. The highest BCUT2D eigenvalue weighted by molar-refractivity contribution is 7.89. The van der Waals surface area contributed by atoms with E-state index in [0.717, 1.165) is 43.5 Å². The maximum Gasteiger partial charge on any atom is 0.242 e. The molecule has 0 amide bonds. The van der Waals surface area contributed by atoms with Crippen LogP contribution in [0, 0.1) is 0 Å². The molecule has 0 atom stereocenters. The third-order valence-corrected chi connectivity index (χ3v) is 5.46. The molecule has 4 nitrogen and oxygen atoms in total. The van der Waals surface area contributed by atoms with Gasteiger partial charge in [0.25, 0.3) is 0 Å². The summed E-state index contributed by atoms with van der Waals surface area (Å²) in [7, 11) is -1.75. The van der Waals surface area contributed by atoms with Gasteiger partial charge in [0.15, 0.2) is 0 Å². The molecule has 0 saturated carbocycles. The van der Waals surface area contributed by atoms with E-state index in [4.69, 9.17) is 0 Å². The van der Waals surface area contributed by atoms with Crippen molar-refractivity contribution in [3.63, 3.8) is 0 Å². The van der Waals surface area contributed by atoms with Gasteiger partial charge in [-0.2, -0.15) is 0 Å². The highest BCUT2D eigenvalue weighted by Crippen LogP contribution is 2.26. The molecule has 1 aromatic rings. The fourth-order valence-corrected chi connectivity index (χ4v) is 3.63. The van der Waals surface area contributed by atoms with Crippen LogP contribution < -0.4 is 5.32 Å². The van der Waals surface area contributed by atoms with E-state index in [1.54, 1.807) is 19.2 Å². The van der Waals surface area contributed by atoms with Gasteiger partial charge in [0.05, 0.1) is 4.90 Å². The normalized spacial score (nSPS) is 14.7. The molecule has 110 valence electrons. The zero-order valence-electron chi connectivity index (χ0n) is 11.9. The molecule has 0 radical (unpaired) electrons. The molecule has 1 heterocycles. The molecule has 20 heavy (non-hydrogen) atoms. The molecule has 1 aliphatic rings. The van der Waals surface area contributed by atoms with Crippen molar-refractivity contribution >= 4 is 15.7 Å². The van der Waals surface area contributed by atoms with Gasteiger partial charge in [-0.1, -0.05) is 6.08 Å². The van der Waals surface area contributed by atoms with Crippen LogP contribution in [0.4, 0.5) is 5.69 Å². The van der Waals surface area contributed by atoms with Crippen LogP contribution in [0.5, 0.6) is 0 Å². The summed E-state index contributed by atoms with van der Waals surface area (Å²) in [5.41, 5.74) is 2.15. The number of benzene rings is 1. The molecule has 0 unspecified atom stereocenters. The Kier molecular flexibility index (Phi) is 4.83. The summed E-state index contributed by atoms with van der Waals surface area (Å²) in [6.07, 6.45) is 5.42. The standard InChI is InChI=1S/C15H22N2O2S/c1-3-4-5-11-17(2)20(18,19)14-8-9-15-13(12-14)7-6-10-16-15/h3,8-9,12,16H,1,4-7,10-11H2,2H3. The average Bonchev–Trinajstić information content (AvgIpc) is 2.46. The number of sulfonamides is 1. The lowest BCUT2D eigenvalue weighted by molar-refractivity contribution is 0.462. The van der Waals surface area contributed by atoms with Crippen molar-refractivity contribution < 1.29 is 8.42 Å². The monoisotopic (exact) mass is 294 g/mol. The van der Waals surface area contributed by atoms with Crippen molar-refractivity contribution in [3.05, 3.63) is 36.4 Å². The van der Waals surface area contributed by atoms with Crippen LogP contribution >= 0.6 is 0 Å². The van der Waals surface area contributed by atoms with Crippen LogP contribution in [-0.4, -0.2) is 32.9 Å². The van der Waals surface area contributed by atoms with E-state index in [1.165, 1.54) is 4.31 Å². The Balaban J connectivity index is 2.18. The summed E-state index contributed by atoms with van der Waals surface area (Å²) in [6, 6.07) is 5.37. The number of fused-ring (bicyclic) bond motifs is 1. The molecule has 0 saturated heterocycles. The average molecular weight is 294 g/mol. The van der Waals surface area contributed by atoms with Crippen molar-refractivity contribution in [2.24, 2.45) is 0 Å². The van der Waals surface area contributed by atoms with E-state index in [-0.39, 0.29) is 0 Å². The molecule has 1 N–H and O–H groups in total. The van der Waals surface area contributed by atoms with Crippen molar-refractivity contribution in [3.8, 4) is 0 Å². The first-order valence-electron chi connectivity index (χ1n) is 7.00. The van der Waals surface area contributed by atoms with E-state index in [2.05, 4.69) is 11.9 Å². The van der Waals surface area contributed by atoms with Gasteiger partial charge in [0.1, 0.15) is 0 Å². The predicted molar refractivity (Wildman–Crippen MR) is 82.5 cm³/mol. The maximum absolute atomic E-state index is 12.5. The second-order valence-corrected chi connectivity index (χ2v) is 7.15. The summed E-state index contributed by atoms with van der Waals surface area (Å²) in [5, 5.41) is 3.29. The summed E-state index contributed by atoms with van der Waals surface area (Å²) < 4.78 is 26.4. The lowest BCUT2D eigenvalue weighted by Crippen LogP contribution is -2.28. The number of unbranched alkanes of at least 4 members (excludes halogenated alkanes) is 1. The number of nitrogens with zero attached hydrogens (tertiary/aromatic N) is 1. The minimum absolute atomic E-state index is 0.390. The van der Waals surface area contributed by atoms with E-state index >= 15 is 0 Å². The van der Waals surface area contributed by atoms with Gasteiger partial charge in [-0.05, 0) is 49.4 Å². The molecule has 0 spiro atoms. The highest BCUT2D eigenvalue weighted by atomic mass is 32.2. The van der Waals surface area contributed by atoms with E-state index in [1.807, 2.05) is 12.1 Å². The van der Waals surface area contributed by atoms with Gasteiger partial charge in [0, 0.05) is 25.8 Å². The number of rotatable bonds is 6. The summed E-state index contributed by atoms with van der Waals surface area (Å²) in [5.74, 6) is 0. The molecule has 5 heteroatoms. The van der Waals surface area contributed by atoms with Gasteiger partial charge in [0.2, 0.25) is 10.0 Å². The lowest BCUT2D eigenvalue weighted by Gasteiger charge is -2.21. The fourth-order valence-electron chi connectivity index (χ4n) is 2.37. The van der Waals surface area contributed by atoms with E-state index in [0.29, 0.717) is 11.4 Å². The minimum atomic E-state index is -3.38. The van der Waals surface area contributed by atoms with Gasteiger partial charge in [-0.25, -0.2) is 12.7 Å². The largest absolute Gasteiger partial charge is 0.385 e. The minimum Gasteiger partial charge on any atom is -0.385 e. The molecular formula is C15H22N2O2S. The molecule has 0 aromatic heterocycles. The summed E-state index contributed by atoms with van der Waals surface area (Å²) in [4.78, 5) is 0.390. The lowest BCUT2D eigenvalue weighted by atomic mass is 10.0. The zero-order chi connectivity index (χ0) is 14.6. The first-order valence-corrected chi connectivity index (χ1v) is 8.44. The second-order valence-electron chi connectivity index (χ2n) is 5.11. The van der Waals surface area contributed by atoms with Crippen LogP contribution in [0.1, 0.15) is 24.8 Å². The topological polar surface area (TPSA) is 49.4 Å². The van der Waals surface area contributed by atoms with Gasteiger partial charge < -0.3 is 5.32 Å². The Morgan fingerprint density at radius 2 is 2.25 bits per heavy atom. The number of nitrogens with one attached hydrogen (secondary N) is 1. The number of aryl methyl sites for hydroxylation is 1. The van der Waals surface area contributed by atoms with E-state index < -0.39 is 10.0 Å². The van der Waals surface area contributed by atoms with Gasteiger partial charge in [-0.3, -0.25) is 0 Å². The van der Waals surface area contributed by atoms with Crippen molar-refractivity contribution in [2.75, 3.05) is 25.5 Å². The molecular weight excluding hydrogens is 272 g/mol. The third-order valence-electron chi connectivity index (χ3n) is 3.60. The van der Waals surface area contributed by atoms with Crippen molar-refractivity contribution in [1.82, 2.24) is 4.31 Å². The first kappa shape index (κ1) is 15.1. The Morgan fingerprint density at radius 3 is 3.00 bits per heavy atom. The Morgan fingerprint density at radius 1 is 1.45 bits per heavy atom. The second kappa shape index (κ2) is 6.41. The summed E-state index contributed by atoms with van der Waals surface area (Å²) in [6.45, 7) is 5.13. The zero-order valence-corrected chi connectivity index (χ0v) is 12.7. The number of anilines is 1. The molecule has 1 aliphatic heterocycles. The first-order chi connectivity index (χ1) is 9.55. The molecule has 0 fully saturated rings. The van der Waals surface area contributed by atoms with Crippen LogP contribution in [0.3, 0.4) is 0 Å².